The van der Waals surface area contributed by atoms with E-state index in [2.05, 4.69) is 42.0 Å². The second-order valence-electron chi connectivity index (χ2n) is 5.14. The lowest BCUT2D eigenvalue weighted by Crippen LogP contribution is -2.39. The Morgan fingerprint density at radius 1 is 1.35 bits per heavy atom. The third-order valence-electron chi connectivity index (χ3n) is 2.71. The number of anilines is 1. The molecule has 17 heavy (non-hydrogen) atoms. The fourth-order valence-electron chi connectivity index (χ4n) is 1.61. The highest BCUT2D eigenvalue weighted by Gasteiger charge is 2.22. The number of aryl methyl sites for hydroxylation is 1. The topological polar surface area (TPSA) is 55.0 Å². The van der Waals surface area contributed by atoms with Crippen molar-refractivity contribution in [2.45, 2.75) is 40.5 Å². The van der Waals surface area contributed by atoms with Crippen LogP contribution in [0, 0.1) is 5.41 Å². The highest BCUT2D eigenvalue weighted by molar-refractivity contribution is 7.09. The minimum absolute atomic E-state index is 0.118. The molecule has 0 spiro atoms. The number of aromatic nitrogens is 2. The van der Waals surface area contributed by atoms with E-state index >= 15 is 0 Å². The van der Waals surface area contributed by atoms with Gasteiger partial charge >= 0.3 is 0 Å². The van der Waals surface area contributed by atoms with E-state index in [9.17, 15) is 0 Å². The number of nitrogens with two attached hydrogens (primary N) is 1. The summed E-state index contributed by atoms with van der Waals surface area (Å²) < 4.78 is 4.35. The lowest BCUT2D eigenvalue weighted by atomic mass is 9.93. The Balaban J connectivity index is 2.77. The Morgan fingerprint density at radius 3 is 2.53 bits per heavy atom. The SMILES string of the molecule is CCCN(CC(C)(C)CN)c1nc(CC)ns1. The summed E-state index contributed by atoms with van der Waals surface area (Å²) in [5.41, 5.74) is 5.92. The largest absolute Gasteiger partial charge is 0.346 e. The number of rotatable bonds is 7. The Morgan fingerprint density at radius 2 is 2.06 bits per heavy atom. The molecule has 1 heterocycles. The lowest BCUT2D eigenvalue weighted by molar-refractivity contribution is 0.377. The van der Waals surface area contributed by atoms with Crippen molar-refractivity contribution in [3.8, 4) is 0 Å². The van der Waals surface area contributed by atoms with Crippen LogP contribution in [0.1, 0.15) is 39.9 Å². The van der Waals surface area contributed by atoms with Crippen LogP contribution in [0.25, 0.3) is 0 Å². The molecule has 98 valence electrons. The molecule has 1 aromatic rings. The van der Waals surface area contributed by atoms with E-state index < -0.39 is 0 Å². The smallest absolute Gasteiger partial charge is 0.205 e. The zero-order valence-electron chi connectivity index (χ0n) is 11.4. The summed E-state index contributed by atoms with van der Waals surface area (Å²) in [5, 5.41) is 1.03. The fraction of sp³-hybridized carbons (Fsp3) is 0.833. The van der Waals surface area contributed by atoms with Crippen LogP contribution in [0.3, 0.4) is 0 Å². The summed E-state index contributed by atoms with van der Waals surface area (Å²) in [6.07, 6.45) is 2.01. The Hall–Kier alpha value is -0.680. The number of hydrogen-bond donors (Lipinski definition) is 1. The second kappa shape index (κ2) is 6.31. The van der Waals surface area contributed by atoms with Gasteiger partial charge in [0.2, 0.25) is 5.13 Å². The number of nitrogens with zero attached hydrogens (tertiary/aromatic N) is 3. The van der Waals surface area contributed by atoms with Crippen LogP contribution >= 0.6 is 11.5 Å². The summed E-state index contributed by atoms with van der Waals surface area (Å²) in [7, 11) is 0. The molecule has 0 saturated heterocycles. The van der Waals surface area contributed by atoms with Crippen LogP contribution < -0.4 is 10.6 Å². The molecule has 4 nitrogen and oxygen atoms in total. The van der Waals surface area contributed by atoms with Crippen LogP contribution in [-0.4, -0.2) is 29.0 Å². The van der Waals surface area contributed by atoms with Gasteiger partial charge in [-0.15, -0.1) is 0 Å². The molecule has 1 aromatic heterocycles. The molecule has 0 radical (unpaired) electrons. The van der Waals surface area contributed by atoms with E-state index in [1.54, 1.807) is 0 Å². The number of hydrogen-bond acceptors (Lipinski definition) is 5. The van der Waals surface area contributed by atoms with Gasteiger partial charge in [0.1, 0.15) is 5.82 Å². The zero-order chi connectivity index (χ0) is 12.9. The monoisotopic (exact) mass is 256 g/mol. The van der Waals surface area contributed by atoms with Crippen molar-refractivity contribution >= 4 is 16.7 Å². The summed E-state index contributed by atoms with van der Waals surface area (Å²) in [4.78, 5) is 6.87. The molecular weight excluding hydrogens is 232 g/mol. The molecule has 0 saturated carbocycles. The maximum Gasteiger partial charge on any atom is 0.205 e. The third-order valence-corrected chi connectivity index (χ3v) is 3.52. The fourth-order valence-corrected chi connectivity index (χ4v) is 2.38. The van der Waals surface area contributed by atoms with E-state index in [4.69, 9.17) is 5.73 Å². The first-order chi connectivity index (χ1) is 8.02. The predicted octanol–water partition coefficient (Wildman–Crippen LogP) is 2.30. The lowest BCUT2D eigenvalue weighted by Gasteiger charge is -2.31. The summed E-state index contributed by atoms with van der Waals surface area (Å²) in [6.45, 7) is 11.3. The van der Waals surface area contributed by atoms with Gasteiger partial charge in [-0.05, 0) is 18.4 Å². The summed E-state index contributed by atoms with van der Waals surface area (Å²) in [5.74, 6) is 0.941. The van der Waals surface area contributed by atoms with Crippen LogP contribution in [-0.2, 0) is 6.42 Å². The van der Waals surface area contributed by atoms with Crippen molar-refractivity contribution in [3.63, 3.8) is 0 Å². The Labute approximate surface area is 108 Å². The van der Waals surface area contributed by atoms with Gasteiger partial charge in [0, 0.05) is 31.0 Å². The van der Waals surface area contributed by atoms with Gasteiger partial charge in [-0.25, -0.2) is 4.98 Å². The maximum atomic E-state index is 5.80. The maximum absolute atomic E-state index is 5.80. The molecule has 1 rings (SSSR count). The predicted molar refractivity (Wildman–Crippen MR) is 74.6 cm³/mol. The molecule has 0 aliphatic heterocycles. The zero-order valence-corrected chi connectivity index (χ0v) is 12.2. The summed E-state index contributed by atoms with van der Waals surface area (Å²) >= 11 is 1.50. The quantitative estimate of drug-likeness (QED) is 0.813. The van der Waals surface area contributed by atoms with Crippen LogP contribution in [0.15, 0.2) is 0 Å². The van der Waals surface area contributed by atoms with Gasteiger partial charge in [-0.3, -0.25) is 0 Å². The molecule has 0 bridgehead atoms. The van der Waals surface area contributed by atoms with Gasteiger partial charge in [0.15, 0.2) is 0 Å². The van der Waals surface area contributed by atoms with E-state index in [0.29, 0.717) is 6.54 Å². The molecule has 0 amide bonds. The van der Waals surface area contributed by atoms with Crippen molar-refractivity contribution in [2.75, 3.05) is 24.5 Å². The van der Waals surface area contributed by atoms with Crippen molar-refractivity contribution in [2.24, 2.45) is 11.1 Å². The van der Waals surface area contributed by atoms with Gasteiger partial charge in [0.05, 0.1) is 0 Å². The van der Waals surface area contributed by atoms with Crippen molar-refractivity contribution in [1.29, 1.82) is 0 Å². The average Bonchev–Trinajstić information content (AvgIpc) is 2.77. The van der Waals surface area contributed by atoms with Gasteiger partial charge in [0.25, 0.3) is 0 Å². The second-order valence-corrected chi connectivity index (χ2v) is 5.87. The van der Waals surface area contributed by atoms with E-state index in [1.165, 1.54) is 11.5 Å². The first-order valence-corrected chi connectivity index (χ1v) is 7.07. The van der Waals surface area contributed by atoms with E-state index in [1.807, 2.05) is 0 Å². The van der Waals surface area contributed by atoms with Crippen molar-refractivity contribution < 1.29 is 0 Å². The summed E-state index contributed by atoms with van der Waals surface area (Å²) in [6, 6.07) is 0. The van der Waals surface area contributed by atoms with Crippen LogP contribution in [0.4, 0.5) is 5.13 Å². The van der Waals surface area contributed by atoms with Crippen molar-refractivity contribution in [3.05, 3.63) is 5.82 Å². The first-order valence-electron chi connectivity index (χ1n) is 6.30. The molecule has 0 unspecified atom stereocenters. The minimum atomic E-state index is 0.118. The normalized spacial score (nSPS) is 11.8. The van der Waals surface area contributed by atoms with Crippen molar-refractivity contribution in [1.82, 2.24) is 9.36 Å². The highest BCUT2D eigenvalue weighted by Crippen LogP contribution is 2.23. The molecule has 0 aliphatic carbocycles. The first kappa shape index (κ1) is 14.4. The minimum Gasteiger partial charge on any atom is -0.346 e. The molecule has 0 atom stereocenters. The standard InChI is InChI=1S/C12H24N4S/c1-5-7-16(9-12(3,4)8-13)11-14-10(6-2)15-17-11/h5-9,13H2,1-4H3. The molecule has 5 heteroatoms. The molecule has 0 aromatic carbocycles. The van der Waals surface area contributed by atoms with Crippen LogP contribution in [0.5, 0.6) is 0 Å². The molecule has 0 aliphatic rings. The molecule has 2 N–H and O–H groups in total. The Kier molecular flexibility index (Phi) is 5.33. The van der Waals surface area contributed by atoms with Crippen LogP contribution in [0.2, 0.25) is 0 Å². The van der Waals surface area contributed by atoms with E-state index in [-0.39, 0.29) is 5.41 Å². The third kappa shape index (κ3) is 4.24. The molecule has 0 fully saturated rings. The Bertz CT molecular complexity index is 335. The van der Waals surface area contributed by atoms with Gasteiger partial charge in [-0.2, -0.15) is 4.37 Å². The average molecular weight is 256 g/mol. The highest BCUT2D eigenvalue weighted by atomic mass is 32.1. The van der Waals surface area contributed by atoms with Gasteiger partial charge < -0.3 is 10.6 Å². The van der Waals surface area contributed by atoms with Gasteiger partial charge in [-0.1, -0.05) is 27.7 Å². The van der Waals surface area contributed by atoms with E-state index in [0.717, 1.165) is 36.9 Å². The molecular formula is C12H24N4S.